The Labute approximate surface area is 198 Å². The Balaban J connectivity index is 0.00000158. The van der Waals surface area contributed by atoms with Crippen LogP contribution in [0.3, 0.4) is 0 Å². The Morgan fingerprint density at radius 1 is 1.21 bits per heavy atom. The number of rotatable bonds is 8. The second-order valence-electron chi connectivity index (χ2n) is 7.93. The number of aliphatic carboxylic acids is 1. The fraction of sp³-hybridized carbons (Fsp3) is 0.320. The average molecular weight is 466 g/mol. The molecule has 0 amide bonds. The van der Waals surface area contributed by atoms with E-state index in [1.165, 1.54) is 0 Å². The van der Waals surface area contributed by atoms with Gasteiger partial charge in [0.15, 0.2) is 5.82 Å². The second kappa shape index (κ2) is 10.4. The minimum atomic E-state index is -0.734. The Bertz CT molecular complexity index is 1230. The molecular weight excluding hydrogens is 434 g/mol. The van der Waals surface area contributed by atoms with E-state index in [-0.39, 0.29) is 17.3 Å². The van der Waals surface area contributed by atoms with Crippen molar-refractivity contribution in [3.63, 3.8) is 0 Å². The minimum Gasteiger partial charge on any atom is -0.493 e. The zero-order valence-electron chi connectivity index (χ0n) is 19.6. The first-order chi connectivity index (χ1) is 16.4. The van der Waals surface area contributed by atoms with Crippen molar-refractivity contribution in [1.82, 2.24) is 9.97 Å². The summed E-state index contributed by atoms with van der Waals surface area (Å²) >= 11 is 0. The van der Waals surface area contributed by atoms with Crippen LogP contribution in [0.5, 0.6) is 5.75 Å². The van der Waals surface area contributed by atoms with Gasteiger partial charge in [0.2, 0.25) is 0 Å². The van der Waals surface area contributed by atoms with E-state index in [0.29, 0.717) is 37.2 Å². The topological polar surface area (TPSA) is 156 Å². The molecule has 9 nitrogen and oxygen atoms in total. The molecule has 7 N–H and O–H groups in total. The normalized spacial score (nSPS) is 13.4. The molecule has 0 spiro atoms. The maximum absolute atomic E-state index is 12.2. The van der Waals surface area contributed by atoms with E-state index in [1.54, 1.807) is 6.07 Å². The van der Waals surface area contributed by atoms with Crippen molar-refractivity contribution in [2.45, 2.75) is 40.0 Å². The number of nitrogens with one attached hydrogen (secondary N) is 2. The SMILES string of the molecule is CC.CCOc1cc(-c2cccc(CC3(C(=O)O)CC3)c2)ccc1-c1nc(NN)c(N)c(=O)[nH]1. The number of ether oxygens (including phenoxy) is 1. The molecular formula is C25H31N5O4. The van der Waals surface area contributed by atoms with E-state index in [1.807, 2.05) is 57.2 Å². The molecule has 0 bridgehead atoms. The van der Waals surface area contributed by atoms with Gasteiger partial charge in [-0.1, -0.05) is 44.2 Å². The van der Waals surface area contributed by atoms with Crippen molar-refractivity contribution in [2.75, 3.05) is 17.8 Å². The molecule has 3 aromatic rings. The van der Waals surface area contributed by atoms with Gasteiger partial charge in [0.25, 0.3) is 5.56 Å². The number of anilines is 2. The summed E-state index contributed by atoms with van der Waals surface area (Å²) in [5, 5.41) is 9.49. The summed E-state index contributed by atoms with van der Waals surface area (Å²) in [6.45, 7) is 6.28. The van der Waals surface area contributed by atoms with Crippen LogP contribution in [0, 0.1) is 5.41 Å². The van der Waals surface area contributed by atoms with Gasteiger partial charge in [-0.05, 0) is 55.0 Å². The van der Waals surface area contributed by atoms with Crippen LogP contribution in [0.2, 0.25) is 0 Å². The van der Waals surface area contributed by atoms with Crippen LogP contribution in [0.15, 0.2) is 47.3 Å². The predicted molar refractivity (Wildman–Crippen MR) is 133 cm³/mol. The Morgan fingerprint density at radius 2 is 1.91 bits per heavy atom. The van der Waals surface area contributed by atoms with Crippen LogP contribution in [0.1, 0.15) is 39.2 Å². The zero-order valence-corrected chi connectivity index (χ0v) is 19.6. The number of H-pyrrole nitrogens is 1. The van der Waals surface area contributed by atoms with E-state index in [4.69, 9.17) is 16.3 Å². The Morgan fingerprint density at radius 3 is 2.53 bits per heavy atom. The summed E-state index contributed by atoms with van der Waals surface area (Å²) < 4.78 is 5.83. The molecule has 1 aromatic heterocycles. The second-order valence-corrected chi connectivity index (χ2v) is 7.93. The van der Waals surface area contributed by atoms with E-state index in [0.717, 1.165) is 16.7 Å². The number of aromatic nitrogens is 2. The first-order valence-electron chi connectivity index (χ1n) is 11.3. The first-order valence-corrected chi connectivity index (χ1v) is 11.3. The number of carboxylic acid groups (broad SMARTS) is 1. The number of hydrazine groups is 1. The molecule has 1 saturated carbocycles. The number of benzene rings is 2. The molecule has 4 rings (SSSR count). The lowest BCUT2D eigenvalue weighted by molar-refractivity contribution is -0.143. The Kier molecular flexibility index (Phi) is 7.57. The highest BCUT2D eigenvalue weighted by molar-refractivity contribution is 5.79. The number of nitrogen functional groups attached to an aromatic ring is 2. The molecule has 0 radical (unpaired) electrons. The fourth-order valence-electron chi connectivity index (χ4n) is 3.76. The lowest BCUT2D eigenvalue weighted by Crippen LogP contribution is -2.20. The van der Waals surface area contributed by atoms with Crippen molar-refractivity contribution in [3.8, 4) is 28.3 Å². The van der Waals surface area contributed by atoms with Crippen molar-refractivity contribution >= 4 is 17.5 Å². The summed E-state index contributed by atoms with van der Waals surface area (Å²) in [6, 6.07) is 13.4. The van der Waals surface area contributed by atoms with Gasteiger partial charge >= 0.3 is 5.97 Å². The number of hydrogen-bond acceptors (Lipinski definition) is 7. The lowest BCUT2D eigenvalue weighted by Gasteiger charge is -2.14. The molecule has 0 aliphatic heterocycles. The minimum absolute atomic E-state index is 0.0791. The highest BCUT2D eigenvalue weighted by Gasteiger charge is 2.49. The standard InChI is InChI=1S/C23H25N5O4.C2H6/c1-2-32-17-11-15(6-7-16(17)19-26-20(28-25)18(24)21(29)27-19)14-5-3-4-13(10-14)12-23(8-9-23)22(30)31;1-2/h3-7,10-11H,2,8-9,12,24-25H2,1H3,(H,30,31)(H2,26,27,28,29);1-2H3. The maximum Gasteiger partial charge on any atom is 0.309 e. The van der Waals surface area contributed by atoms with Crippen LogP contribution >= 0.6 is 0 Å². The van der Waals surface area contributed by atoms with Gasteiger partial charge in [-0.3, -0.25) is 9.59 Å². The molecule has 2 aromatic carbocycles. The molecule has 1 aliphatic carbocycles. The molecule has 0 atom stereocenters. The van der Waals surface area contributed by atoms with E-state index in [2.05, 4.69) is 15.4 Å². The highest BCUT2D eigenvalue weighted by atomic mass is 16.5. The molecule has 1 heterocycles. The quantitative estimate of drug-likeness (QED) is 0.248. The summed E-state index contributed by atoms with van der Waals surface area (Å²) in [7, 11) is 0. The largest absolute Gasteiger partial charge is 0.493 e. The molecule has 1 fully saturated rings. The molecule has 0 saturated heterocycles. The van der Waals surface area contributed by atoms with Crippen LogP contribution in [0.4, 0.5) is 11.5 Å². The zero-order chi connectivity index (χ0) is 24.9. The number of aromatic amines is 1. The van der Waals surface area contributed by atoms with Gasteiger partial charge in [-0.2, -0.15) is 0 Å². The van der Waals surface area contributed by atoms with Crippen LogP contribution < -0.4 is 27.3 Å². The predicted octanol–water partition coefficient (Wildman–Crippen LogP) is 3.80. The van der Waals surface area contributed by atoms with Crippen molar-refractivity contribution in [3.05, 3.63) is 58.4 Å². The maximum atomic E-state index is 12.2. The van der Waals surface area contributed by atoms with E-state index in [9.17, 15) is 14.7 Å². The number of nitrogens with two attached hydrogens (primary N) is 2. The fourth-order valence-corrected chi connectivity index (χ4v) is 3.76. The summed E-state index contributed by atoms with van der Waals surface area (Å²) in [5.74, 6) is 5.59. The van der Waals surface area contributed by atoms with Crippen molar-refractivity contribution < 1.29 is 14.6 Å². The van der Waals surface area contributed by atoms with Crippen LogP contribution in [-0.4, -0.2) is 27.7 Å². The Hall–Kier alpha value is -3.85. The number of carboxylic acids is 1. The molecule has 1 aliphatic rings. The first kappa shape index (κ1) is 24.8. The number of nitrogens with zero attached hydrogens (tertiary/aromatic N) is 1. The number of carbonyl (C=O) groups is 1. The molecule has 9 heteroatoms. The lowest BCUT2D eigenvalue weighted by atomic mass is 9.93. The third kappa shape index (κ3) is 5.04. The van der Waals surface area contributed by atoms with Crippen LogP contribution in [-0.2, 0) is 11.2 Å². The van der Waals surface area contributed by atoms with Gasteiger partial charge in [0.05, 0.1) is 17.6 Å². The molecule has 34 heavy (non-hydrogen) atoms. The monoisotopic (exact) mass is 465 g/mol. The van der Waals surface area contributed by atoms with Gasteiger partial charge in [-0.15, -0.1) is 0 Å². The van der Waals surface area contributed by atoms with Gasteiger partial charge in [0.1, 0.15) is 17.3 Å². The average Bonchev–Trinajstić information content (AvgIpc) is 3.63. The van der Waals surface area contributed by atoms with Gasteiger partial charge < -0.3 is 26.0 Å². The van der Waals surface area contributed by atoms with Gasteiger partial charge in [-0.25, -0.2) is 10.8 Å². The third-order valence-electron chi connectivity index (χ3n) is 5.74. The highest BCUT2D eigenvalue weighted by Crippen LogP contribution is 2.48. The molecule has 180 valence electrons. The molecule has 0 unspecified atom stereocenters. The van der Waals surface area contributed by atoms with E-state index >= 15 is 0 Å². The smallest absolute Gasteiger partial charge is 0.309 e. The number of hydrogen-bond donors (Lipinski definition) is 5. The summed E-state index contributed by atoms with van der Waals surface area (Å²) in [5.41, 5.74) is 10.2. The summed E-state index contributed by atoms with van der Waals surface area (Å²) in [4.78, 5) is 30.7. The third-order valence-corrected chi connectivity index (χ3v) is 5.74. The van der Waals surface area contributed by atoms with Crippen molar-refractivity contribution in [1.29, 1.82) is 0 Å². The van der Waals surface area contributed by atoms with Crippen molar-refractivity contribution in [2.24, 2.45) is 11.3 Å². The summed E-state index contributed by atoms with van der Waals surface area (Å²) in [6.07, 6.45) is 1.93. The van der Waals surface area contributed by atoms with E-state index < -0.39 is 16.9 Å². The van der Waals surface area contributed by atoms with Gasteiger partial charge in [0, 0.05) is 0 Å². The van der Waals surface area contributed by atoms with Crippen LogP contribution in [0.25, 0.3) is 22.5 Å².